The molecule has 19 heavy (non-hydrogen) atoms. The summed E-state index contributed by atoms with van der Waals surface area (Å²) in [5.74, 6) is -0.460. The maximum Gasteiger partial charge on any atom is 0.251 e. The maximum atomic E-state index is 11.1. The Morgan fingerprint density at radius 1 is 1.47 bits per heavy atom. The number of nitrogens with two attached hydrogens (primary N) is 1. The van der Waals surface area contributed by atoms with E-state index in [0.717, 1.165) is 12.2 Å². The van der Waals surface area contributed by atoms with Crippen molar-refractivity contribution < 1.29 is 4.79 Å². The lowest BCUT2D eigenvalue weighted by Crippen LogP contribution is -2.15. The van der Waals surface area contributed by atoms with Crippen LogP contribution in [0.5, 0.6) is 0 Å². The van der Waals surface area contributed by atoms with Crippen molar-refractivity contribution in [1.29, 1.82) is 0 Å². The Labute approximate surface area is 111 Å². The highest BCUT2D eigenvalue weighted by atomic mass is 16.1. The molecule has 3 rings (SSSR count). The van der Waals surface area contributed by atoms with Gasteiger partial charge in [-0.25, -0.2) is 4.68 Å². The number of aromatic nitrogens is 2. The first-order valence-electron chi connectivity index (χ1n) is 6.39. The summed E-state index contributed by atoms with van der Waals surface area (Å²) >= 11 is 0. The number of carbonyl (C=O) groups excluding carboxylic acids is 1. The lowest BCUT2D eigenvalue weighted by molar-refractivity contribution is 0.100. The summed E-state index contributed by atoms with van der Waals surface area (Å²) < 4.78 is 1.67. The standard InChI is InChI=1S/C14H16N4O/c15-14(19)11-8-17-18(9-11)13-3-1-2-10(6-13)7-16-12-4-5-12/h1-3,6,8-9,12,16H,4-5,7H2,(H2,15,19). The quantitative estimate of drug-likeness (QED) is 0.845. The lowest BCUT2D eigenvalue weighted by Gasteiger charge is -2.06. The first-order chi connectivity index (χ1) is 9.22. The van der Waals surface area contributed by atoms with Gasteiger partial charge in [-0.05, 0) is 30.5 Å². The number of benzene rings is 1. The highest BCUT2D eigenvalue weighted by Gasteiger charge is 2.19. The van der Waals surface area contributed by atoms with E-state index < -0.39 is 5.91 Å². The zero-order valence-electron chi connectivity index (χ0n) is 10.5. The van der Waals surface area contributed by atoms with Gasteiger partial charge in [-0.2, -0.15) is 5.10 Å². The van der Waals surface area contributed by atoms with Crippen LogP contribution in [0.15, 0.2) is 36.7 Å². The normalized spacial score (nSPS) is 14.5. The molecule has 0 unspecified atom stereocenters. The van der Waals surface area contributed by atoms with Crippen LogP contribution >= 0.6 is 0 Å². The third-order valence-electron chi connectivity index (χ3n) is 3.21. The molecule has 1 saturated carbocycles. The largest absolute Gasteiger partial charge is 0.366 e. The molecule has 3 N–H and O–H groups in total. The molecule has 0 atom stereocenters. The van der Waals surface area contributed by atoms with Crippen LogP contribution in [0.3, 0.4) is 0 Å². The molecule has 1 fully saturated rings. The van der Waals surface area contributed by atoms with Crippen molar-refractivity contribution >= 4 is 5.91 Å². The predicted octanol–water partition coefficient (Wildman–Crippen LogP) is 1.22. The summed E-state index contributed by atoms with van der Waals surface area (Å²) in [5.41, 5.74) is 7.78. The Bertz CT molecular complexity index is 601. The molecule has 1 aliphatic carbocycles. The Hall–Kier alpha value is -2.14. The molecular formula is C14H16N4O. The third kappa shape index (κ3) is 2.82. The average molecular weight is 256 g/mol. The van der Waals surface area contributed by atoms with Gasteiger partial charge in [0, 0.05) is 18.8 Å². The van der Waals surface area contributed by atoms with Gasteiger partial charge in [0.05, 0.1) is 17.4 Å². The fourth-order valence-corrected chi connectivity index (χ4v) is 1.95. The molecule has 0 spiro atoms. The van der Waals surface area contributed by atoms with Crippen molar-refractivity contribution in [2.24, 2.45) is 5.73 Å². The van der Waals surface area contributed by atoms with Gasteiger partial charge in [-0.15, -0.1) is 0 Å². The molecule has 0 saturated heterocycles. The topological polar surface area (TPSA) is 72.9 Å². The first kappa shape index (κ1) is 11.9. The SMILES string of the molecule is NC(=O)c1cnn(-c2cccc(CNC3CC3)c2)c1. The van der Waals surface area contributed by atoms with Crippen molar-refractivity contribution in [3.05, 3.63) is 47.8 Å². The molecule has 0 radical (unpaired) electrons. The minimum absolute atomic E-state index is 0.418. The van der Waals surface area contributed by atoms with Gasteiger partial charge in [0.1, 0.15) is 0 Å². The molecule has 1 aromatic carbocycles. The minimum Gasteiger partial charge on any atom is -0.366 e. The number of hydrogen-bond donors (Lipinski definition) is 2. The number of amides is 1. The molecule has 98 valence electrons. The number of carbonyl (C=O) groups is 1. The summed E-state index contributed by atoms with van der Waals surface area (Å²) in [7, 11) is 0. The summed E-state index contributed by atoms with van der Waals surface area (Å²) in [6, 6.07) is 8.78. The second-order valence-corrected chi connectivity index (χ2v) is 4.86. The second-order valence-electron chi connectivity index (χ2n) is 4.86. The number of nitrogens with one attached hydrogen (secondary N) is 1. The van der Waals surface area contributed by atoms with Gasteiger partial charge in [0.15, 0.2) is 0 Å². The van der Waals surface area contributed by atoms with Crippen LogP contribution in [0.2, 0.25) is 0 Å². The number of nitrogens with zero attached hydrogens (tertiary/aromatic N) is 2. The van der Waals surface area contributed by atoms with Gasteiger partial charge < -0.3 is 11.1 Å². The highest BCUT2D eigenvalue weighted by molar-refractivity contribution is 5.92. The minimum atomic E-state index is -0.460. The van der Waals surface area contributed by atoms with Gasteiger partial charge in [-0.3, -0.25) is 4.79 Å². The number of rotatable bonds is 5. The van der Waals surface area contributed by atoms with Gasteiger partial charge in [-0.1, -0.05) is 12.1 Å². The second kappa shape index (κ2) is 4.85. The van der Waals surface area contributed by atoms with E-state index in [1.807, 2.05) is 12.1 Å². The van der Waals surface area contributed by atoms with Crippen molar-refractivity contribution in [3.63, 3.8) is 0 Å². The Morgan fingerprint density at radius 2 is 2.32 bits per heavy atom. The van der Waals surface area contributed by atoms with E-state index in [1.165, 1.54) is 24.6 Å². The van der Waals surface area contributed by atoms with Crippen LogP contribution in [0.1, 0.15) is 28.8 Å². The van der Waals surface area contributed by atoms with Crippen LogP contribution < -0.4 is 11.1 Å². The van der Waals surface area contributed by atoms with E-state index in [4.69, 9.17) is 5.73 Å². The lowest BCUT2D eigenvalue weighted by atomic mass is 10.2. The molecule has 0 aliphatic heterocycles. The van der Waals surface area contributed by atoms with E-state index in [2.05, 4.69) is 22.5 Å². The smallest absolute Gasteiger partial charge is 0.251 e. The summed E-state index contributed by atoms with van der Waals surface area (Å²) in [6.45, 7) is 0.864. The molecule has 2 aromatic rings. The molecule has 1 aliphatic rings. The summed E-state index contributed by atoms with van der Waals surface area (Å²) in [6.07, 6.45) is 5.69. The zero-order valence-corrected chi connectivity index (χ0v) is 10.5. The first-order valence-corrected chi connectivity index (χ1v) is 6.39. The molecule has 1 amide bonds. The van der Waals surface area contributed by atoms with Crippen LogP contribution in [0.25, 0.3) is 5.69 Å². The van der Waals surface area contributed by atoms with Crippen LogP contribution in [-0.4, -0.2) is 21.7 Å². The fourth-order valence-electron chi connectivity index (χ4n) is 1.95. The molecular weight excluding hydrogens is 240 g/mol. The Balaban J connectivity index is 1.78. The van der Waals surface area contributed by atoms with E-state index in [9.17, 15) is 4.79 Å². The molecule has 0 bridgehead atoms. The third-order valence-corrected chi connectivity index (χ3v) is 3.21. The summed E-state index contributed by atoms with van der Waals surface area (Å²) in [4.78, 5) is 11.1. The average Bonchev–Trinajstić information content (AvgIpc) is 3.10. The highest BCUT2D eigenvalue weighted by Crippen LogP contribution is 2.19. The molecule has 1 heterocycles. The predicted molar refractivity (Wildman–Crippen MR) is 71.9 cm³/mol. The molecule has 5 nitrogen and oxygen atoms in total. The van der Waals surface area contributed by atoms with Crippen LogP contribution in [0, 0.1) is 0 Å². The van der Waals surface area contributed by atoms with Crippen LogP contribution in [-0.2, 0) is 6.54 Å². The van der Waals surface area contributed by atoms with Gasteiger partial charge >= 0.3 is 0 Å². The van der Waals surface area contributed by atoms with Crippen molar-refractivity contribution in [2.75, 3.05) is 0 Å². The van der Waals surface area contributed by atoms with Gasteiger partial charge in [0.2, 0.25) is 0 Å². The van der Waals surface area contributed by atoms with Crippen molar-refractivity contribution in [1.82, 2.24) is 15.1 Å². The number of primary amides is 1. The van der Waals surface area contributed by atoms with E-state index in [1.54, 1.807) is 10.9 Å². The van der Waals surface area contributed by atoms with Crippen LogP contribution in [0.4, 0.5) is 0 Å². The Morgan fingerprint density at radius 3 is 3.00 bits per heavy atom. The summed E-state index contributed by atoms with van der Waals surface area (Å²) in [5, 5.41) is 7.62. The molecule has 1 aromatic heterocycles. The van der Waals surface area contributed by atoms with Gasteiger partial charge in [0.25, 0.3) is 5.91 Å². The van der Waals surface area contributed by atoms with Crippen molar-refractivity contribution in [3.8, 4) is 5.69 Å². The zero-order chi connectivity index (χ0) is 13.2. The fraction of sp³-hybridized carbons (Fsp3) is 0.286. The monoisotopic (exact) mass is 256 g/mol. The van der Waals surface area contributed by atoms with E-state index >= 15 is 0 Å². The Kier molecular flexibility index (Phi) is 3.05. The van der Waals surface area contributed by atoms with Crippen molar-refractivity contribution in [2.45, 2.75) is 25.4 Å². The maximum absolute atomic E-state index is 11.1. The number of hydrogen-bond acceptors (Lipinski definition) is 3. The van der Waals surface area contributed by atoms with E-state index in [0.29, 0.717) is 11.6 Å². The van der Waals surface area contributed by atoms with E-state index in [-0.39, 0.29) is 0 Å². The molecule has 5 heteroatoms.